The first kappa shape index (κ1) is 23.0. The molecule has 1 saturated heterocycles. The Morgan fingerprint density at radius 2 is 1.18 bits per heavy atom. The first-order valence-corrected chi connectivity index (χ1v) is 11.2. The highest BCUT2D eigenvalue weighted by Crippen LogP contribution is 2.20. The number of esters is 2. The first-order chi connectivity index (χ1) is 16.6. The number of carbonyl (C=O) groups excluding carboxylic acids is 3. The van der Waals surface area contributed by atoms with Crippen molar-refractivity contribution in [2.75, 3.05) is 18.4 Å². The highest BCUT2D eigenvalue weighted by atomic mass is 16.5. The quantitative estimate of drug-likeness (QED) is 0.502. The van der Waals surface area contributed by atoms with Crippen molar-refractivity contribution in [1.29, 1.82) is 0 Å². The van der Waals surface area contributed by atoms with Crippen LogP contribution in [0.15, 0.2) is 78.9 Å². The second kappa shape index (κ2) is 11.1. The van der Waals surface area contributed by atoms with Gasteiger partial charge in [0.05, 0.1) is 11.1 Å². The predicted octanol–water partition coefficient (Wildman–Crippen LogP) is 5.03. The van der Waals surface area contributed by atoms with Crippen molar-refractivity contribution in [3.63, 3.8) is 0 Å². The normalized spacial score (nSPS) is 12.8. The van der Waals surface area contributed by atoms with Crippen molar-refractivity contribution in [3.8, 4) is 0 Å². The zero-order valence-corrected chi connectivity index (χ0v) is 18.7. The molecule has 174 valence electrons. The third kappa shape index (κ3) is 6.22. The van der Waals surface area contributed by atoms with Crippen molar-refractivity contribution in [2.45, 2.75) is 26.1 Å². The lowest BCUT2D eigenvalue weighted by Crippen LogP contribution is -2.32. The number of nitrogens with one attached hydrogen (secondary N) is 1. The molecule has 7 heteroatoms. The lowest BCUT2D eigenvalue weighted by Gasteiger charge is -2.17. The Morgan fingerprint density at radius 3 is 1.65 bits per heavy atom. The van der Waals surface area contributed by atoms with Gasteiger partial charge >= 0.3 is 18.0 Å². The topological polar surface area (TPSA) is 84.9 Å². The maximum atomic E-state index is 12.8. The van der Waals surface area contributed by atoms with Crippen LogP contribution >= 0.6 is 0 Å². The van der Waals surface area contributed by atoms with Crippen LogP contribution in [-0.4, -0.2) is 36.0 Å². The van der Waals surface area contributed by atoms with Gasteiger partial charge < -0.3 is 19.7 Å². The maximum absolute atomic E-state index is 12.8. The Bertz CT molecular complexity index is 1070. The molecule has 0 saturated carbocycles. The molecule has 0 spiro atoms. The van der Waals surface area contributed by atoms with Crippen LogP contribution in [0.1, 0.15) is 44.7 Å². The van der Waals surface area contributed by atoms with E-state index < -0.39 is 11.9 Å². The van der Waals surface area contributed by atoms with E-state index in [1.807, 2.05) is 60.7 Å². The minimum absolute atomic E-state index is 0.0951. The van der Waals surface area contributed by atoms with E-state index >= 15 is 0 Å². The number of rotatable bonds is 7. The molecule has 0 radical (unpaired) electrons. The zero-order chi connectivity index (χ0) is 23.8. The Kier molecular flexibility index (Phi) is 7.55. The fourth-order valence-electron chi connectivity index (χ4n) is 3.67. The molecule has 2 amide bonds. The largest absolute Gasteiger partial charge is 0.457 e. The molecule has 3 aromatic carbocycles. The monoisotopic (exact) mass is 458 g/mol. The van der Waals surface area contributed by atoms with Gasteiger partial charge in [-0.15, -0.1) is 0 Å². The van der Waals surface area contributed by atoms with Gasteiger partial charge in [0.15, 0.2) is 0 Å². The zero-order valence-electron chi connectivity index (χ0n) is 18.7. The molecule has 0 aromatic heterocycles. The molecule has 7 nitrogen and oxygen atoms in total. The van der Waals surface area contributed by atoms with Crippen LogP contribution in [0, 0.1) is 0 Å². The fourth-order valence-corrected chi connectivity index (χ4v) is 3.67. The van der Waals surface area contributed by atoms with Crippen molar-refractivity contribution in [2.24, 2.45) is 0 Å². The third-order valence-corrected chi connectivity index (χ3v) is 5.47. The second-order valence-electron chi connectivity index (χ2n) is 8.05. The number of likely N-dealkylation sites (tertiary alicyclic amines) is 1. The van der Waals surface area contributed by atoms with Crippen LogP contribution in [-0.2, 0) is 22.7 Å². The molecule has 0 unspecified atom stereocenters. The summed E-state index contributed by atoms with van der Waals surface area (Å²) >= 11 is 0. The van der Waals surface area contributed by atoms with E-state index in [1.54, 1.807) is 4.90 Å². The molecular formula is C27H26N2O5. The molecule has 4 rings (SSSR count). The average Bonchev–Trinajstić information content (AvgIpc) is 3.42. The van der Waals surface area contributed by atoms with Gasteiger partial charge in [-0.05, 0) is 42.2 Å². The van der Waals surface area contributed by atoms with Gasteiger partial charge in [-0.25, -0.2) is 14.4 Å². The van der Waals surface area contributed by atoms with E-state index in [-0.39, 0.29) is 30.4 Å². The Balaban J connectivity index is 1.51. The number of nitrogens with zero attached hydrogens (tertiary/aromatic N) is 1. The second-order valence-corrected chi connectivity index (χ2v) is 8.05. The summed E-state index contributed by atoms with van der Waals surface area (Å²) in [5, 5.41) is 2.79. The highest BCUT2D eigenvalue weighted by Gasteiger charge is 2.20. The molecule has 34 heavy (non-hydrogen) atoms. The fraction of sp³-hybridized carbons (Fsp3) is 0.222. The summed E-state index contributed by atoms with van der Waals surface area (Å²) in [5.74, 6) is -1.20. The predicted molar refractivity (Wildman–Crippen MR) is 127 cm³/mol. The smallest absolute Gasteiger partial charge is 0.338 e. The van der Waals surface area contributed by atoms with Gasteiger partial charge in [0.1, 0.15) is 13.2 Å². The third-order valence-electron chi connectivity index (χ3n) is 5.47. The molecule has 1 aliphatic rings. The number of urea groups is 1. The van der Waals surface area contributed by atoms with Crippen molar-refractivity contribution < 1.29 is 23.9 Å². The van der Waals surface area contributed by atoms with E-state index in [0.717, 1.165) is 24.0 Å². The van der Waals surface area contributed by atoms with Crippen molar-refractivity contribution in [1.82, 2.24) is 4.90 Å². The molecule has 0 aliphatic carbocycles. The van der Waals surface area contributed by atoms with Crippen LogP contribution in [0.3, 0.4) is 0 Å². The summed E-state index contributed by atoms with van der Waals surface area (Å²) < 4.78 is 10.8. The minimum atomic E-state index is -0.599. The molecule has 1 N–H and O–H groups in total. The van der Waals surface area contributed by atoms with E-state index in [1.165, 1.54) is 18.2 Å². The Labute approximate surface area is 198 Å². The Hall–Kier alpha value is -4.13. The van der Waals surface area contributed by atoms with Gasteiger partial charge in [-0.2, -0.15) is 0 Å². The average molecular weight is 459 g/mol. The van der Waals surface area contributed by atoms with Gasteiger partial charge in [-0.1, -0.05) is 60.7 Å². The number of carbonyl (C=O) groups is 3. The standard InChI is InChI=1S/C27H26N2O5/c30-25(33-18-20-9-3-1-4-10-20)22-15-23(26(31)34-19-21-11-5-2-6-12-21)17-24(16-22)28-27(32)29-13-7-8-14-29/h1-6,9-12,15-17H,7-8,13-14,18-19H2,(H,28,32). The van der Waals surface area contributed by atoms with E-state index in [2.05, 4.69) is 5.32 Å². The number of hydrogen-bond acceptors (Lipinski definition) is 5. The summed E-state index contributed by atoms with van der Waals surface area (Å²) in [6.07, 6.45) is 1.91. The van der Waals surface area contributed by atoms with E-state index in [0.29, 0.717) is 18.8 Å². The van der Waals surface area contributed by atoms with Crippen LogP contribution in [0.4, 0.5) is 10.5 Å². The molecule has 0 atom stereocenters. The van der Waals surface area contributed by atoms with Gasteiger partial charge in [0, 0.05) is 18.8 Å². The lowest BCUT2D eigenvalue weighted by molar-refractivity contribution is 0.0470. The molecule has 3 aromatic rings. The molecular weight excluding hydrogens is 432 g/mol. The van der Waals surface area contributed by atoms with Crippen LogP contribution in [0.25, 0.3) is 0 Å². The molecule has 1 aliphatic heterocycles. The minimum Gasteiger partial charge on any atom is -0.457 e. The number of hydrogen-bond donors (Lipinski definition) is 1. The maximum Gasteiger partial charge on any atom is 0.338 e. The SMILES string of the molecule is O=C(OCc1ccccc1)c1cc(NC(=O)N2CCCC2)cc(C(=O)OCc2ccccc2)c1. The van der Waals surface area contributed by atoms with Gasteiger partial charge in [-0.3, -0.25) is 0 Å². The molecule has 1 fully saturated rings. The van der Waals surface area contributed by atoms with Crippen molar-refractivity contribution >= 4 is 23.7 Å². The van der Waals surface area contributed by atoms with Gasteiger partial charge in [0.25, 0.3) is 0 Å². The summed E-state index contributed by atoms with van der Waals surface area (Å²) in [6, 6.07) is 22.8. The highest BCUT2D eigenvalue weighted by molar-refractivity contribution is 5.99. The number of anilines is 1. The van der Waals surface area contributed by atoms with Crippen LogP contribution in [0.2, 0.25) is 0 Å². The van der Waals surface area contributed by atoms with Crippen LogP contribution in [0.5, 0.6) is 0 Å². The van der Waals surface area contributed by atoms with Crippen LogP contribution < -0.4 is 5.32 Å². The first-order valence-electron chi connectivity index (χ1n) is 11.2. The summed E-state index contributed by atoms with van der Waals surface area (Å²) in [7, 11) is 0. The van der Waals surface area contributed by atoms with E-state index in [4.69, 9.17) is 9.47 Å². The van der Waals surface area contributed by atoms with E-state index in [9.17, 15) is 14.4 Å². The number of ether oxygens (including phenoxy) is 2. The Morgan fingerprint density at radius 1 is 0.706 bits per heavy atom. The van der Waals surface area contributed by atoms with Crippen molar-refractivity contribution in [3.05, 3.63) is 101 Å². The summed E-state index contributed by atoms with van der Waals surface area (Å²) in [5.41, 5.74) is 2.33. The number of benzene rings is 3. The molecule has 0 bridgehead atoms. The summed E-state index contributed by atoms with van der Waals surface area (Å²) in [4.78, 5) is 39.8. The molecule has 1 heterocycles. The summed E-state index contributed by atoms with van der Waals surface area (Å²) in [6.45, 7) is 1.54. The lowest BCUT2D eigenvalue weighted by atomic mass is 10.1. The number of amides is 2. The van der Waals surface area contributed by atoms with Gasteiger partial charge in [0.2, 0.25) is 0 Å².